The maximum Gasteiger partial charge on any atom is 0.230 e. The van der Waals surface area contributed by atoms with E-state index in [2.05, 4.69) is 34.5 Å². The van der Waals surface area contributed by atoms with Crippen LogP contribution in [0.3, 0.4) is 0 Å². The van der Waals surface area contributed by atoms with Gasteiger partial charge in [0.05, 0.1) is 5.41 Å². The molecule has 0 aromatic heterocycles. The predicted octanol–water partition coefficient (Wildman–Crippen LogP) is 5.58. The number of carbonyl (C=O) groups excluding carboxylic acids is 1. The number of alkyl halides is 1. The minimum Gasteiger partial charge on any atom is -0.372 e. The lowest BCUT2D eigenvalue weighted by Gasteiger charge is -2.59. The lowest BCUT2D eigenvalue weighted by Crippen LogP contribution is -2.57. The summed E-state index contributed by atoms with van der Waals surface area (Å²) in [6.45, 7) is 2.30. The SMILES string of the molecule is O=C(Nc1ccc(N2CCCCCC2)cc1)C12C[C@H]3C[C@@H](CC(Cl)(C3)C1)C2. The number of anilines is 2. The summed E-state index contributed by atoms with van der Waals surface area (Å²) in [6.07, 6.45) is 11.7. The van der Waals surface area contributed by atoms with E-state index >= 15 is 0 Å². The van der Waals surface area contributed by atoms with Gasteiger partial charge in [-0.1, -0.05) is 12.8 Å². The highest BCUT2D eigenvalue weighted by Crippen LogP contribution is 2.64. The third kappa shape index (κ3) is 3.37. The second kappa shape index (κ2) is 6.69. The molecule has 2 atom stereocenters. The molecule has 1 heterocycles. The normalized spacial score (nSPS) is 37.9. The number of carbonyl (C=O) groups is 1. The second-order valence-corrected chi connectivity index (χ2v) is 10.6. The smallest absolute Gasteiger partial charge is 0.230 e. The van der Waals surface area contributed by atoms with E-state index in [0.29, 0.717) is 11.8 Å². The van der Waals surface area contributed by atoms with Gasteiger partial charge in [0.25, 0.3) is 0 Å². The molecule has 4 aliphatic carbocycles. The van der Waals surface area contributed by atoms with Crippen LogP contribution in [0.15, 0.2) is 24.3 Å². The Morgan fingerprint density at radius 1 is 0.963 bits per heavy atom. The van der Waals surface area contributed by atoms with E-state index in [4.69, 9.17) is 11.6 Å². The summed E-state index contributed by atoms with van der Waals surface area (Å²) < 4.78 is 0. The van der Waals surface area contributed by atoms with E-state index in [9.17, 15) is 4.79 Å². The van der Waals surface area contributed by atoms with E-state index in [1.54, 1.807) is 0 Å². The molecule has 6 rings (SSSR count). The van der Waals surface area contributed by atoms with Crippen LogP contribution in [0.5, 0.6) is 0 Å². The Kier molecular flexibility index (Phi) is 4.42. The summed E-state index contributed by atoms with van der Waals surface area (Å²) in [5.41, 5.74) is 1.98. The Morgan fingerprint density at radius 3 is 2.19 bits per heavy atom. The number of nitrogens with zero attached hydrogens (tertiary/aromatic N) is 1. The van der Waals surface area contributed by atoms with Gasteiger partial charge in [0.2, 0.25) is 5.91 Å². The first-order valence-electron chi connectivity index (χ1n) is 10.9. The van der Waals surface area contributed by atoms with Gasteiger partial charge in [-0.25, -0.2) is 0 Å². The van der Waals surface area contributed by atoms with Gasteiger partial charge in [-0.05, 0) is 87.5 Å². The maximum atomic E-state index is 13.3. The van der Waals surface area contributed by atoms with Crippen LogP contribution < -0.4 is 10.2 Å². The fourth-order valence-electron chi connectivity index (χ4n) is 6.76. The van der Waals surface area contributed by atoms with Crippen LogP contribution in [0.1, 0.15) is 64.2 Å². The van der Waals surface area contributed by atoms with Crippen molar-refractivity contribution in [2.45, 2.75) is 69.1 Å². The largest absolute Gasteiger partial charge is 0.372 e. The predicted molar refractivity (Wildman–Crippen MR) is 111 cm³/mol. The quantitative estimate of drug-likeness (QED) is 0.687. The first-order valence-corrected chi connectivity index (χ1v) is 11.3. The molecule has 5 aliphatic rings. The van der Waals surface area contributed by atoms with Crippen molar-refractivity contribution in [3.63, 3.8) is 0 Å². The van der Waals surface area contributed by atoms with Crippen LogP contribution in [-0.2, 0) is 4.79 Å². The van der Waals surface area contributed by atoms with Gasteiger partial charge in [-0.3, -0.25) is 4.79 Å². The van der Waals surface area contributed by atoms with Crippen molar-refractivity contribution in [1.82, 2.24) is 0 Å². The first-order chi connectivity index (χ1) is 13.0. The number of rotatable bonds is 3. The van der Waals surface area contributed by atoms with Gasteiger partial charge < -0.3 is 10.2 Å². The molecule has 3 nitrogen and oxygen atoms in total. The Morgan fingerprint density at radius 2 is 1.59 bits per heavy atom. The molecule has 4 bridgehead atoms. The molecule has 146 valence electrons. The number of halogens is 1. The number of nitrogens with one attached hydrogen (secondary N) is 1. The number of benzene rings is 1. The highest BCUT2D eigenvalue weighted by Gasteiger charge is 2.60. The molecule has 1 aromatic rings. The molecular formula is C23H31ClN2O. The van der Waals surface area contributed by atoms with E-state index in [-0.39, 0.29) is 16.2 Å². The Labute approximate surface area is 167 Å². The summed E-state index contributed by atoms with van der Waals surface area (Å²) in [6, 6.07) is 8.50. The Balaban J connectivity index is 1.28. The lowest BCUT2D eigenvalue weighted by atomic mass is 9.49. The minimum absolute atomic E-state index is 0.113. The summed E-state index contributed by atoms with van der Waals surface area (Å²) in [5.74, 6) is 1.52. The maximum absolute atomic E-state index is 13.3. The van der Waals surface area contributed by atoms with Crippen LogP contribution in [0.4, 0.5) is 11.4 Å². The van der Waals surface area contributed by atoms with Crippen LogP contribution in [0.2, 0.25) is 0 Å². The zero-order valence-corrected chi connectivity index (χ0v) is 16.9. The molecule has 27 heavy (non-hydrogen) atoms. The Hall–Kier alpha value is -1.22. The highest BCUT2D eigenvalue weighted by molar-refractivity contribution is 6.24. The van der Waals surface area contributed by atoms with Crippen LogP contribution in [0.25, 0.3) is 0 Å². The zero-order chi connectivity index (χ0) is 18.5. The number of hydrogen-bond acceptors (Lipinski definition) is 2. The van der Waals surface area contributed by atoms with Gasteiger partial charge in [0.1, 0.15) is 0 Å². The van der Waals surface area contributed by atoms with E-state index in [0.717, 1.165) is 50.9 Å². The number of hydrogen-bond donors (Lipinski definition) is 1. The molecule has 1 saturated heterocycles. The van der Waals surface area contributed by atoms with Crippen LogP contribution >= 0.6 is 11.6 Å². The fourth-order valence-corrected chi connectivity index (χ4v) is 7.46. The van der Waals surface area contributed by atoms with Crippen molar-refractivity contribution >= 4 is 28.9 Å². The molecule has 4 heteroatoms. The summed E-state index contributed by atoms with van der Waals surface area (Å²) in [4.78, 5) is 15.6. The van der Waals surface area contributed by atoms with Crippen molar-refractivity contribution in [3.05, 3.63) is 24.3 Å². The number of amides is 1. The molecular weight excluding hydrogens is 356 g/mol. The van der Waals surface area contributed by atoms with E-state index in [1.165, 1.54) is 37.8 Å². The molecule has 4 saturated carbocycles. The van der Waals surface area contributed by atoms with E-state index in [1.807, 2.05) is 0 Å². The molecule has 0 spiro atoms. The molecule has 0 radical (unpaired) electrons. The van der Waals surface area contributed by atoms with Crippen molar-refractivity contribution in [1.29, 1.82) is 0 Å². The van der Waals surface area contributed by atoms with Gasteiger partial charge >= 0.3 is 0 Å². The fraction of sp³-hybridized carbons (Fsp3) is 0.696. The third-order valence-corrected chi connectivity index (χ3v) is 8.01. The van der Waals surface area contributed by atoms with Gasteiger partial charge in [0.15, 0.2) is 0 Å². The molecule has 5 fully saturated rings. The molecule has 1 amide bonds. The monoisotopic (exact) mass is 386 g/mol. The topological polar surface area (TPSA) is 32.3 Å². The van der Waals surface area contributed by atoms with Gasteiger partial charge in [0, 0.05) is 29.3 Å². The van der Waals surface area contributed by atoms with Crippen molar-refractivity contribution in [3.8, 4) is 0 Å². The Bertz CT molecular complexity index is 694. The summed E-state index contributed by atoms with van der Waals surface area (Å²) in [5, 5.41) is 3.24. The molecule has 0 unspecified atom stereocenters. The molecule has 1 aromatic carbocycles. The third-order valence-electron chi connectivity index (χ3n) is 7.57. The van der Waals surface area contributed by atoms with Crippen molar-refractivity contribution in [2.75, 3.05) is 23.3 Å². The first kappa shape index (κ1) is 17.8. The van der Waals surface area contributed by atoms with Gasteiger partial charge in [-0.15, -0.1) is 11.6 Å². The van der Waals surface area contributed by atoms with Crippen molar-refractivity contribution < 1.29 is 4.79 Å². The van der Waals surface area contributed by atoms with E-state index < -0.39 is 0 Å². The van der Waals surface area contributed by atoms with Crippen LogP contribution in [0, 0.1) is 17.3 Å². The van der Waals surface area contributed by atoms with Gasteiger partial charge in [-0.2, -0.15) is 0 Å². The summed E-state index contributed by atoms with van der Waals surface area (Å²) in [7, 11) is 0. The second-order valence-electron chi connectivity index (χ2n) is 9.79. The molecule has 1 N–H and O–H groups in total. The summed E-state index contributed by atoms with van der Waals surface area (Å²) >= 11 is 6.90. The highest BCUT2D eigenvalue weighted by atomic mass is 35.5. The average Bonchev–Trinajstić information content (AvgIpc) is 2.90. The lowest BCUT2D eigenvalue weighted by molar-refractivity contribution is -0.138. The zero-order valence-electron chi connectivity index (χ0n) is 16.2. The minimum atomic E-state index is -0.227. The standard InChI is InChI=1S/C23H31ClN2O/c24-23-14-17-11-18(15-23)13-22(12-17,16-23)21(27)25-19-5-7-20(8-6-19)26-9-3-1-2-4-10-26/h5-8,17-18H,1-4,9-16H2,(H,25,27)/t17-,18-,22?,23?/m1/s1. The molecule has 1 aliphatic heterocycles. The van der Waals surface area contributed by atoms with Crippen molar-refractivity contribution in [2.24, 2.45) is 17.3 Å². The van der Waals surface area contributed by atoms with Crippen LogP contribution in [-0.4, -0.2) is 23.9 Å². The average molecular weight is 387 g/mol.